The summed E-state index contributed by atoms with van der Waals surface area (Å²) in [7, 11) is 0. The number of hydrogen-bond donors (Lipinski definition) is 0. The minimum absolute atomic E-state index is 0.217. The highest BCUT2D eigenvalue weighted by molar-refractivity contribution is 5.80. The Bertz CT molecular complexity index is 1400. The van der Waals surface area contributed by atoms with Gasteiger partial charge >= 0.3 is 5.69 Å². The van der Waals surface area contributed by atoms with Crippen LogP contribution in [0.2, 0.25) is 0 Å². The van der Waals surface area contributed by atoms with Gasteiger partial charge in [0.05, 0.1) is 35.4 Å². The third-order valence-corrected chi connectivity index (χ3v) is 4.89. The van der Waals surface area contributed by atoms with Gasteiger partial charge in [-0.15, -0.1) is 0 Å². The van der Waals surface area contributed by atoms with E-state index in [0.29, 0.717) is 11.4 Å². The van der Waals surface area contributed by atoms with Gasteiger partial charge in [0, 0.05) is 11.6 Å². The lowest BCUT2D eigenvalue weighted by atomic mass is 10.2. The second-order valence-electron chi connectivity index (χ2n) is 6.87. The Hall–Kier alpha value is -3.99. The Morgan fingerprint density at radius 2 is 1.86 bits per heavy atom. The summed E-state index contributed by atoms with van der Waals surface area (Å²) < 4.78 is 3.88. The van der Waals surface area contributed by atoms with Crippen LogP contribution in [-0.2, 0) is 0 Å². The summed E-state index contributed by atoms with van der Waals surface area (Å²) in [5, 5.41) is 14.7. The van der Waals surface area contributed by atoms with E-state index < -0.39 is 17.3 Å². The van der Waals surface area contributed by atoms with Crippen molar-refractivity contribution in [2.45, 2.75) is 26.8 Å². The maximum Gasteiger partial charge on any atom is 0.337 e. The molecule has 4 aromatic rings. The first kappa shape index (κ1) is 18.4. The third kappa shape index (κ3) is 2.84. The molecule has 0 radical (unpaired) electrons. The predicted molar refractivity (Wildman–Crippen MR) is 109 cm³/mol. The van der Waals surface area contributed by atoms with Crippen molar-refractivity contribution in [1.82, 2.24) is 23.9 Å². The average molecular weight is 386 g/mol. The highest BCUT2D eigenvalue weighted by Crippen LogP contribution is 2.19. The van der Waals surface area contributed by atoms with Crippen LogP contribution in [0, 0.1) is 25.2 Å². The molecule has 0 unspecified atom stereocenters. The zero-order valence-corrected chi connectivity index (χ0v) is 16.2. The SMILES string of the molecule is Cc1cncc(-n2c(=O)c(-n3ncc4ccccc43)c(C)n([C@H](C)C#N)c2=O)c1. The molecule has 8 nitrogen and oxygen atoms in total. The first-order chi connectivity index (χ1) is 13.9. The normalized spacial score (nSPS) is 12.1. The van der Waals surface area contributed by atoms with E-state index in [1.807, 2.05) is 31.2 Å². The van der Waals surface area contributed by atoms with Crippen LogP contribution in [0.5, 0.6) is 0 Å². The van der Waals surface area contributed by atoms with Crippen molar-refractivity contribution in [1.29, 1.82) is 5.26 Å². The average Bonchev–Trinajstić information content (AvgIpc) is 3.12. The molecule has 4 rings (SSSR count). The van der Waals surface area contributed by atoms with Gasteiger partial charge in [-0.2, -0.15) is 10.4 Å². The van der Waals surface area contributed by atoms with Crippen LogP contribution in [0.1, 0.15) is 24.2 Å². The molecule has 29 heavy (non-hydrogen) atoms. The van der Waals surface area contributed by atoms with Crippen molar-refractivity contribution in [3.8, 4) is 17.4 Å². The van der Waals surface area contributed by atoms with Crippen molar-refractivity contribution in [3.05, 3.63) is 81.0 Å². The summed E-state index contributed by atoms with van der Waals surface area (Å²) in [5.74, 6) is 0. The Morgan fingerprint density at radius 3 is 2.59 bits per heavy atom. The maximum absolute atomic E-state index is 13.5. The lowest BCUT2D eigenvalue weighted by Crippen LogP contribution is -2.43. The van der Waals surface area contributed by atoms with E-state index in [9.17, 15) is 14.9 Å². The summed E-state index contributed by atoms with van der Waals surface area (Å²) in [6, 6.07) is 10.5. The summed E-state index contributed by atoms with van der Waals surface area (Å²) >= 11 is 0. The number of rotatable bonds is 3. The molecular weight excluding hydrogens is 368 g/mol. The Balaban J connectivity index is 2.17. The van der Waals surface area contributed by atoms with Gasteiger partial charge in [-0.25, -0.2) is 14.0 Å². The molecule has 144 valence electrons. The topological polar surface area (TPSA) is 98.5 Å². The summed E-state index contributed by atoms with van der Waals surface area (Å²) in [5.41, 5.74) is 1.37. The number of para-hydroxylation sites is 1. The van der Waals surface area contributed by atoms with Gasteiger partial charge < -0.3 is 0 Å². The van der Waals surface area contributed by atoms with Gasteiger partial charge in [0.15, 0.2) is 5.69 Å². The standard InChI is InChI=1S/C21H18N6O2/c1-13-8-17(12-23-10-13)26-20(28)19(15(3)25(21(26)29)14(2)9-22)27-18-7-5-4-6-16(18)11-24-27/h4-8,10-12,14H,1-3H3/t14-/m1/s1. The lowest BCUT2D eigenvalue weighted by Gasteiger charge is -2.19. The van der Waals surface area contributed by atoms with Crippen molar-refractivity contribution in [2.75, 3.05) is 0 Å². The van der Waals surface area contributed by atoms with Crippen LogP contribution < -0.4 is 11.2 Å². The first-order valence-electron chi connectivity index (χ1n) is 9.07. The third-order valence-electron chi connectivity index (χ3n) is 4.89. The fourth-order valence-electron chi connectivity index (χ4n) is 3.51. The van der Waals surface area contributed by atoms with E-state index in [1.165, 1.54) is 15.4 Å². The zero-order chi connectivity index (χ0) is 20.7. The molecule has 0 aliphatic heterocycles. The van der Waals surface area contributed by atoms with Crippen molar-refractivity contribution in [3.63, 3.8) is 0 Å². The van der Waals surface area contributed by atoms with Crippen LogP contribution in [0.25, 0.3) is 22.3 Å². The Labute approximate surface area is 165 Å². The molecule has 0 amide bonds. The van der Waals surface area contributed by atoms with Gasteiger partial charge in [0.2, 0.25) is 0 Å². The van der Waals surface area contributed by atoms with Crippen LogP contribution in [-0.4, -0.2) is 23.9 Å². The molecule has 0 spiro atoms. The molecule has 3 heterocycles. The predicted octanol–water partition coefficient (Wildman–Crippen LogP) is 2.43. The number of aromatic nitrogens is 5. The van der Waals surface area contributed by atoms with Crippen LogP contribution in [0.3, 0.4) is 0 Å². The van der Waals surface area contributed by atoms with E-state index in [-0.39, 0.29) is 5.69 Å². The summed E-state index contributed by atoms with van der Waals surface area (Å²) in [4.78, 5) is 30.8. The van der Waals surface area contributed by atoms with Gasteiger partial charge in [-0.3, -0.25) is 14.3 Å². The molecular formula is C21H18N6O2. The molecule has 0 N–H and O–H groups in total. The zero-order valence-electron chi connectivity index (χ0n) is 16.2. The molecule has 0 saturated carbocycles. The van der Waals surface area contributed by atoms with Gasteiger partial charge in [0.1, 0.15) is 6.04 Å². The Morgan fingerprint density at radius 1 is 1.10 bits per heavy atom. The molecule has 1 aromatic carbocycles. The van der Waals surface area contributed by atoms with Crippen molar-refractivity contribution in [2.24, 2.45) is 0 Å². The summed E-state index contributed by atoms with van der Waals surface area (Å²) in [6.07, 6.45) is 4.76. The monoisotopic (exact) mass is 386 g/mol. The van der Waals surface area contributed by atoms with Gasteiger partial charge in [0.25, 0.3) is 5.56 Å². The molecule has 0 aliphatic carbocycles. The van der Waals surface area contributed by atoms with Crippen molar-refractivity contribution >= 4 is 10.9 Å². The minimum Gasteiger partial charge on any atom is -0.279 e. The minimum atomic E-state index is -0.771. The van der Waals surface area contributed by atoms with Crippen molar-refractivity contribution < 1.29 is 0 Å². The van der Waals surface area contributed by atoms with E-state index in [4.69, 9.17) is 0 Å². The van der Waals surface area contributed by atoms with E-state index in [2.05, 4.69) is 16.2 Å². The van der Waals surface area contributed by atoms with E-state index in [0.717, 1.165) is 21.0 Å². The number of benzene rings is 1. The second-order valence-corrected chi connectivity index (χ2v) is 6.87. The number of nitrogens with zero attached hydrogens (tertiary/aromatic N) is 6. The molecule has 0 saturated heterocycles. The smallest absolute Gasteiger partial charge is 0.279 e. The number of fused-ring (bicyclic) bond motifs is 1. The number of aryl methyl sites for hydroxylation is 1. The lowest BCUT2D eigenvalue weighted by molar-refractivity contribution is 0.575. The number of pyridine rings is 1. The van der Waals surface area contributed by atoms with Crippen LogP contribution in [0.15, 0.2) is 58.5 Å². The number of hydrogen-bond acceptors (Lipinski definition) is 5. The second kappa shape index (κ2) is 6.87. The highest BCUT2D eigenvalue weighted by Gasteiger charge is 2.23. The number of nitriles is 1. The molecule has 0 bridgehead atoms. The quantitative estimate of drug-likeness (QED) is 0.538. The molecule has 0 fully saturated rings. The molecule has 1 atom stereocenters. The Kier molecular flexibility index (Phi) is 4.35. The molecule has 3 aromatic heterocycles. The molecule has 8 heteroatoms. The molecule has 0 aliphatic rings. The fraction of sp³-hybridized carbons (Fsp3) is 0.190. The van der Waals surface area contributed by atoms with Crippen LogP contribution in [0.4, 0.5) is 0 Å². The highest BCUT2D eigenvalue weighted by atomic mass is 16.2. The van der Waals surface area contributed by atoms with Crippen LogP contribution >= 0.6 is 0 Å². The van der Waals surface area contributed by atoms with E-state index in [1.54, 1.807) is 32.3 Å². The fourth-order valence-corrected chi connectivity index (χ4v) is 3.51. The van der Waals surface area contributed by atoms with Gasteiger partial charge in [-0.1, -0.05) is 18.2 Å². The van der Waals surface area contributed by atoms with E-state index >= 15 is 0 Å². The summed E-state index contributed by atoms with van der Waals surface area (Å²) in [6.45, 7) is 5.10. The largest absolute Gasteiger partial charge is 0.337 e. The maximum atomic E-state index is 13.5. The van der Waals surface area contributed by atoms with Gasteiger partial charge in [-0.05, 0) is 38.5 Å². The first-order valence-corrected chi connectivity index (χ1v) is 9.07.